The standard InChI is InChI=1S/C21H26N2O3S/c1-14-12-19(10-11-20(14)23(3)27(4,25)26)21(24)22-15(2)17-9-8-16-6-5-7-18(16)13-17/h8-13,15H,5-7H2,1-4H3,(H,22,24)/t15-/m1/s1. The van der Waals surface area contributed by atoms with Gasteiger partial charge in [-0.05, 0) is 73.6 Å². The summed E-state index contributed by atoms with van der Waals surface area (Å²) in [5.41, 5.74) is 5.73. The zero-order valence-corrected chi connectivity index (χ0v) is 17.1. The van der Waals surface area contributed by atoms with Crippen molar-refractivity contribution in [2.24, 2.45) is 0 Å². The van der Waals surface area contributed by atoms with Crippen LogP contribution in [0.25, 0.3) is 0 Å². The van der Waals surface area contributed by atoms with Gasteiger partial charge >= 0.3 is 0 Å². The van der Waals surface area contributed by atoms with E-state index in [1.807, 2.05) is 6.92 Å². The molecule has 0 radical (unpaired) electrons. The lowest BCUT2D eigenvalue weighted by molar-refractivity contribution is 0.0940. The molecule has 2 aromatic rings. The number of amides is 1. The molecule has 0 heterocycles. The molecule has 0 spiro atoms. The molecule has 1 amide bonds. The summed E-state index contributed by atoms with van der Waals surface area (Å²) in [5.74, 6) is -0.167. The highest BCUT2D eigenvalue weighted by Crippen LogP contribution is 2.26. The first-order chi connectivity index (χ1) is 12.7. The van der Waals surface area contributed by atoms with Gasteiger partial charge in [0.15, 0.2) is 0 Å². The minimum Gasteiger partial charge on any atom is -0.346 e. The normalized spacial score (nSPS) is 14.5. The number of carbonyl (C=O) groups is 1. The minimum atomic E-state index is -3.34. The van der Waals surface area contributed by atoms with Crippen LogP contribution in [0.5, 0.6) is 0 Å². The SMILES string of the molecule is Cc1cc(C(=O)N[C@H](C)c2ccc3c(c2)CCC3)ccc1N(C)S(C)(=O)=O. The van der Waals surface area contributed by atoms with Crippen LogP contribution in [0.2, 0.25) is 0 Å². The molecule has 0 aromatic heterocycles. The molecule has 0 bridgehead atoms. The van der Waals surface area contributed by atoms with Crippen molar-refractivity contribution in [1.29, 1.82) is 0 Å². The number of hydrogen-bond acceptors (Lipinski definition) is 3. The summed E-state index contributed by atoms with van der Waals surface area (Å²) in [6, 6.07) is 11.4. The number of hydrogen-bond donors (Lipinski definition) is 1. The summed E-state index contributed by atoms with van der Waals surface area (Å²) in [7, 11) is -1.83. The zero-order chi connectivity index (χ0) is 19.8. The number of rotatable bonds is 5. The fourth-order valence-electron chi connectivity index (χ4n) is 3.55. The van der Waals surface area contributed by atoms with Crippen molar-refractivity contribution in [2.45, 2.75) is 39.2 Å². The zero-order valence-electron chi connectivity index (χ0n) is 16.2. The Morgan fingerprint density at radius 3 is 2.48 bits per heavy atom. The third-order valence-electron chi connectivity index (χ3n) is 5.27. The van der Waals surface area contributed by atoms with Gasteiger partial charge in [-0.2, -0.15) is 0 Å². The maximum atomic E-state index is 12.6. The fourth-order valence-corrected chi connectivity index (χ4v) is 4.12. The molecule has 3 rings (SSSR count). The van der Waals surface area contributed by atoms with Gasteiger partial charge in [-0.3, -0.25) is 9.10 Å². The topological polar surface area (TPSA) is 66.5 Å². The highest BCUT2D eigenvalue weighted by Gasteiger charge is 2.18. The molecule has 1 N–H and O–H groups in total. The average molecular weight is 387 g/mol. The van der Waals surface area contributed by atoms with Crippen molar-refractivity contribution < 1.29 is 13.2 Å². The second-order valence-corrected chi connectivity index (χ2v) is 9.32. The number of aryl methyl sites for hydroxylation is 3. The Morgan fingerprint density at radius 1 is 1.11 bits per heavy atom. The molecule has 2 aromatic carbocycles. The van der Waals surface area contributed by atoms with Crippen LogP contribution in [0.4, 0.5) is 5.69 Å². The second-order valence-electron chi connectivity index (χ2n) is 7.31. The van der Waals surface area contributed by atoms with Gasteiger partial charge in [0.2, 0.25) is 10.0 Å². The van der Waals surface area contributed by atoms with E-state index < -0.39 is 10.0 Å². The lowest BCUT2D eigenvalue weighted by Gasteiger charge is -2.20. The van der Waals surface area contributed by atoms with Crippen molar-refractivity contribution in [1.82, 2.24) is 5.32 Å². The Morgan fingerprint density at radius 2 is 1.81 bits per heavy atom. The van der Waals surface area contributed by atoms with Crippen LogP contribution in [-0.4, -0.2) is 27.6 Å². The van der Waals surface area contributed by atoms with Crippen molar-refractivity contribution in [3.05, 3.63) is 64.2 Å². The third kappa shape index (κ3) is 4.16. The minimum absolute atomic E-state index is 0.0953. The lowest BCUT2D eigenvalue weighted by Crippen LogP contribution is -2.28. The predicted octanol–water partition coefficient (Wildman–Crippen LogP) is 3.37. The maximum absolute atomic E-state index is 12.6. The number of anilines is 1. The predicted molar refractivity (Wildman–Crippen MR) is 109 cm³/mol. The largest absolute Gasteiger partial charge is 0.346 e. The number of nitrogens with one attached hydrogen (secondary N) is 1. The highest BCUT2D eigenvalue weighted by molar-refractivity contribution is 7.92. The first-order valence-electron chi connectivity index (χ1n) is 9.14. The number of carbonyl (C=O) groups excluding carboxylic acids is 1. The number of nitrogens with zero attached hydrogens (tertiary/aromatic N) is 1. The molecule has 1 aliphatic carbocycles. The first kappa shape index (κ1) is 19.4. The summed E-state index contributed by atoms with van der Waals surface area (Å²) < 4.78 is 24.7. The molecule has 144 valence electrons. The van der Waals surface area contributed by atoms with Crippen molar-refractivity contribution >= 4 is 21.6 Å². The molecule has 1 atom stereocenters. The van der Waals surface area contributed by atoms with E-state index in [0.29, 0.717) is 11.3 Å². The van der Waals surface area contributed by atoms with E-state index in [0.717, 1.165) is 30.2 Å². The molecule has 0 saturated heterocycles. The summed E-state index contributed by atoms with van der Waals surface area (Å²) in [6.45, 7) is 3.78. The van der Waals surface area contributed by atoms with E-state index in [4.69, 9.17) is 0 Å². The fraction of sp³-hybridized carbons (Fsp3) is 0.381. The van der Waals surface area contributed by atoms with Crippen LogP contribution in [-0.2, 0) is 22.9 Å². The van der Waals surface area contributed by atoms with Gasteiger partial charge in [0.1, 0.15) is 0 Å². The van der Waals surface area contributed by atoms with Gasteiger partial charge in [0.05, 0.1) is 18.0 Å². The van der Waals surface area contributed by atoms with E-state index in [1.165, 1.54) is 28.9 Å². The first-order valence-corrected chi connectivity index (χ1v) is 11.0. The lowest BCUT2D eigenvalue weighted by atomic mass is 10.0. The molecule has 0 saturated carbocycles. The Bertz CT molecular complexity index is 983. The molecule has 27 heavy (non-hydrogen) atoms. The highest BCUT2D eigenvalue weighted by atomic mass is 32.2. The van der Waals surface area contributed by atoms with Crippen LogP contribution in [0.15, 0.2) is 36.4 Å². The van der Waals surface area contributed by atoms with Crippen LogP contribution in [0.3, 0.4) is 0 Å². The van der Waals surface area contributed by atoms with Crippen LogP contribution >= 0.6 is 0 Å². The van der Waals surface area contributed by atoms with E-state index in [9.17, 15) is 13.2 Å². The molecule has 6 heteroatoms. The Labute approximate surface area is 161 Å². The molecule has 0 unspecified atom stereocenters. The van der Waals surface area contributed by atoms with E-state index in [2.05, 4.69) is 23.5 Å². The Hall–Kier alpha value is -2.34. The number of benzene rings is 2. The molecular formula is C21H26N2O3S. The average Bonchev–Trinajstić information content (AvgIpc) is 3.07. The molecule has 1 aliphatic rings. The van der Waals surface area contributed by atoms with Crippen LogP contribution in [0.1, 0.15) is 52.0 Å². The van der Waals surface area contributed by atoms with E-state index in [-0.39, 0.29) is 11.9 Å². The van der Waals surface area contributed by atoms with Gasteiger partial charge < -0.3 is 5.32 Å². The summed E-state index contributed by atoms with van der Waals surface area (Å²) in [5, 5.41) is 3.04. The van der Waals surface area contributed by atoms with E-state index in [1.54, 1.807) is 25.1 Å². The summed E-state index contributed by atoms with van der Waals surface area (Å²) in [4.78, 5) is 12.6. The second kappa shape index (κ2) is 7.35. The van der Waals surface area contributed by atoms with Crippen molar-refractivity contribution in [3.8, 4) is 0 Å². The molecule has 0 aliphatic heterocycles. The molecular weight excluding hydrogens is 360 g/mol. The van der Waals surface area contributed by atoms with Crippen LogP contribution in [0, 0.1) is 6.92 Å². The monoisotopic (exact) mass is 386 g/mol. The van der Waals surface area contributed by atoms with E-state index >= 15 is 0 Å². The quantitative estimate of drug-likeness (QED) is 0.857. The molecule has 0 fully saturated rings. The Kier molecular flexibility index (Phi) is 5.29. The summed E-state index contributed by atoms with van der Waals surface area (Å²) in [6.07, 6.45) is 4.61. The van der Waals surface area contributed by atoms with Gasteiger partial charge in [0, 0.05) is 12.6 Å². The Balaban J connectivity index is 1.75. The third-order valence-corrected chi connectivity index (χ3v) is 6.46. The van der Waals surface area contributed by atoms with Crippen molar-refractivity contribution in [3.63, 3.8) is 0 Å². The van der Waals surface area contributed by atoms with Gasteiger partial charge in [0.25, 0.3) is 5.91 Å². The summed E-state index contributed by atoms with van der Waals surface area (Å²) >= 11 is 0. The smallest absolute Gasteiger partial charge is 0.251 e. The van der Waals surface area contributed by atoms with Crippen LogP contribution < -0.4 is 9.62 Å². The van der Waals surface area contributed by atoms with Crippen molar-refractivity contribution in [2.75, 3.05) is 17.6 Å². The van der Waals surface area contributed by atoms with Gasteiger partial charge in [-0.15, -0.1) is 0 Å². The van der Waals surface area contributed by atoms with Gasteiger partial charge in [-0.1, -0.05) is 18.2 Å². The van der Waals surface area contributed by atoms with Gasteiger partial charge in [-0.25, -0.2) is 8.42 Å². The number of fused-ring (bicyclic) bond motifs is 1. The maximum Gasteiger partial charge on any atom is 0.251 e. The number of sulfonamides is 1. The molecule has 5 nitrogen and oxygen atoms in total.